The summed E-state index contributed by atoms with van der Waals surface area (Å²) in [6.07, 6.45) is 4.02. The molecule has 3 heterocycles. The Balaban J connectivity index is 1.40. The molecule has 1 saturated heterocycles. The number of ether oxygens (including phenoxy) is 1. The summed E-state index contributed by atoms with van der Waals surface area (Å²) in [6, 6.07) is 5.14. The van der Waals surface area contributed by atoms with Crippen molar-refractivity contribution in [2.75, 3.05) is 25.0 Å². The molecule has 0 aliphatic carbocycles. The number of carbonyl (C=O) groups excluding carboxylic acids is 3. The topological polar surface area (TPSA) is 93.5 Å². The lowest BCUT2D eigenvalue weighted by atomic mass is 9.88. The van der Waals surface area contributed by atoms with Gasteiger partial charge in [0.05, 0.1) is 16.9 Å². The molecule has 8 nitrogen and oxygen atoms in total. The van der Waals surface area contributed by atoms with Gasteiger partial charge in [-0.15, -0.1) is 0 Å². The number of benzene rings is 1. The smallest absolute Gasteiger partial charge is 0.262 e. The van der Waals surface area contributed by atoms with Crippen LogP contribution in [0.3, 0.4) is 0 Å². The summed E-state index contributed by atoms with van der Waals surface area (Å²) in [5.74, 6) is 0.226. The van der Waals surface area contributed by atoms with Crippen LogP contribution in [0.25, 0.3) is 0 Å². The maximum absolute atomic E-state index is 13.0. The zero-order valence-corrected chi connectivity index (χ0v) is 17.3. The number of hydrogen-bond acceptors (Lipinski definition) is 5. The van der Waals surface area contributed by atoms with Crippen molar-refractivity contribution in [3.63, 3.8) is 0 Å². The zero-order valence-electron chi connectivity index (χ0n) is 17.3. The third kappa shape index (κ3) is 3.94. The molecule has 2 aliphatic rings. The van der Waals surface area contributed by atoms with Gasteiger partial charge < -0.3 is 15.0 Å². The first-order chi connectivity index (χ1) is 14.5. The minimum absolute atomic E-state index is 0.0103. The normalized spacial score (nSPS) is 16.6. The quantitative estimate of drug-likeness (QED) is 0.765. The van der Waals surface area contributed by atoms with Gasteiger partial charge in [0.25, 0.3) is 11.8 Å². The van der Waals surface area contributed by atoms with Gasteiger partial charge in [0, 0.05) is 37.3 Å². The largest absolute Gasteiger partial charge is 0.482 e. The van der Waals surface area contributed by atoms with E-state index in [1.165, 1.54) is 0 Å². The molecular weight excluding hydrogens is 384 g/mol. The standard InChI is InChI=1S/C22H26N4O4/c1-3-8-26-12-17(14(2)24-26)22(29)25-9-6-15(7-10-25)21(28)16-4-5-19-18(11-16)23-20(27)13-30-19/h4-5,11-12,15H,3,6-10,13H2,1-2H3,(H,23,27). The van der Waals surface area contributed by atoms with E-state index in [2.05, 4.69) is 17.3 Å². The molecule has 0 unspecified atom stereocenters. The Morgan fingerprint density at radius 2 is 2.03 bits per heavy atom. The number of carbonyl (C=O) groups is 3. The predicted molar refractivity (Wildman–Crippen MR) is 111 cm³/mol. The number of aryl methyl sites for hydroxylation is 2. The highest BCUT2D eigenvalue weighted by atomic mass is 16.5. The lowest BCUT2D eigenvalue weighted by molar-refractivity contribution is -0.118. The van der Waals surface area contributed by atoms with Crippen LogP contribution < -0.4 is 10.1 Å². The summed E-state index contributed by atoms with van der Waals surface area (Å²) in [5, 5.41) is 7.15. The Morgan fingerprint density at radius 1 is 1.27 bits per heavy atom. The summed E-state index contributed by atoms with van der Waals surface area (Å²) in [5.41, 5.74) is 2.47. The molecule has 1 N–H and O–H groups in total. The summed E-state index contributed by atoms with van der Waals surface area (Å²) in [4.78, 5) is 39.2. The van der Waals surface area contributed by atoms with E-state index in [4.69, 9.17) is 4.74 Å². The maximum Gasteiger partial charge on any atom is 0.262 e. The highest BCUT2D eigenvalue weighted by Crippen LogP contribution is 2.31. The maximum atomic E-state index is 13.0. The van der Waals surface area contributed by atoms with Gasteiger partial charge in [-0.2, -0.15) is 5.10 Å². The lowest BCUT2D eigenvalue weighted by Crippen LogP contribution is -2.40. The first-order valence-corrected chi connectivity index (χ1v) is 10.4. The van der Waals surface area contributed by atoms with Crippen LogP contribution >= 0.6 is 0 Å². The number of aromatic nitrogens is 2. The lowest BCUT2D eigenvalue weighted by Gasteiger charge is -2.31. The van der Waals surface area contributed by atoms with E-state index in [1.54, 1.807) is 18.2 Å². The zero-order chi connectivity index (χ0) is 21.3. The second-order valence-electron chi connectivity index (χ2n) is 7.87. The summed E-state index contributed by atoms with van der Waals surface area (Å²) in [6.45, 7) is 5.79. The van der Waals surface area contributed by atoms with E-state index in [1.807, 2.05) is 22.7 Å². The monoisotopic (exact) mass is 410 g/mol. The minimum Gasteiger partial charge on any atom is -0.482 e. The number of rotatable bonds is 5. The van der Waals surface area contributed by atoms with Gasteiger partial charge in [-0.1, -0.05) is 6.92 Å². The molecule has 0 saturated carbocycles. The van der Waals surface area contributed by atoms with Crippen molar-refractivity contribution in [1.82, 2.24) is 14.7 Å². The molecule has 1 aromatic carbocycles. The Morgan fingerprint density at radius 3 is 2.77 bits per heavy atom. The summed E-state index contributed by atoms with van der Waals surface area (Å²) >= 11 is 0. The van der Waals surface area contributed by atoms with Crippen LogP contribution in [0.2, 0.25) is 0 Å². The van der Waals surface area contributed by atoms with Crippen molar-refractivity contribution in [3.8, 4) is 5.75 Å². The van der Waals surface area contributed by atoms with Crippen molar-refractivity contribution >= 4 is 23.3 Å². The fourth-order valence-corrected chi connectivity index (χ4v) is 4.06. The number of amides is 2. The molecule has 1 fully saturated rings. The molecule has 0 radical (unpaired) electrons. The molecule has 0 atom stereocenters. The van der Waals surface area contributed by atoms with E-state index >= 15 is 0 Å². The van der Waals surface area contributed by atoms with Crippen LogP contribution in [0.1, 0.15) is 52.6 Å². The van der Waals surface area contributed by atoms with Crippen molar-refractivity contribution < 1.29 is 19.1 Å². The van der Waals surface area contributed by atoms with Gasteiger partial charge in [0.1, 0.15) is 5.75 Å². The Kier molecular flexibility index (Phi) is 5.57. The highest BCUT2D eigenvalue weighted by molar-refractivity contribution is 6.02. The molecule has 0 spiro atoms. The number of ketones is 1. The van der Waals surface area contributed by atoms with Gasteiger partial charge in [-0.05, 0) is 44.4 Å². The molecule has 2 aromatic rings. The Hall–Kier alpha value is -3.16. The van der Waals surface area contributed by atoms with Crippen molar-refractivity contribution in [2.24, 2.45) is 5.92 Å². The SMILES string of the molecule is CCCn1cc(C(=O)N2CCC(C(=O)c3ccc4c(c3)NC(=O)CO4)CC2)c(C)n1. The van der Waals surface area contributed by atoms with Gasteiger partial charge in [0.15, 0.2) is 12.4 Å². The average Bonchev–Trinajstić information content (AvgIpc) is 3.12. The molecule has 4 rings (SSSR count). The highest BCUT2D eigenvalue weighted by Gasteiger charge is 2.30. The van der Waals surface area contributed by atoms with Gasteiger partial charge in [0.2, 0.25) is 0 Å². The molecule has 158 valence electrons. The number of Topliss-reactive ketones (excluding diaryl/α,β-unsaturated/α-hetero) is 1. The van der Waals surface area contributed by atoms with Gasteiger partial charge in [-0.3, -0.25) is 19.1 Å². The second-order valence-corrected chi connectivity index (χ2v) is 7.87. The summed E-state index contributed by atoms with van der Waals surface area (Å²) in [7, 11) is 0. The Labute approximate surface area is 175 Å². The number of fused-ring (bicyclic) bond motifs is 1. The van der Waals surface area contributed by atoms with Crippen LogP contribution in [0.5, 0.6) is 5.75 Å². The van der Waals surface area contributed by atoms with Crippen LogP contribution in [0.4, 0.5) is 5.69 Å². The van der Waals surface area contributed by atoms with Crippen LogP contribution in [0, 0.1) is 12.8 Å². The molecule has 8 heteroatoms. The van der Waals surface area contributed by atoms with Crippen molar-refractivity contribution in [2.45, 2.75) is 39.7 Å². The van der Waals surface area contributed by atoms with E-state index in [-0.39, 0.29) is 30.1 Å². The third-order valence-electron chi connectivity index (χ3n) is 5.68. The number of piperidine rings is 1. The third-order valence-corrected chi connectivity index (χ3v) is 5.68. The minimum atomic E-state index is -0.225. The fourth-order valence-electron chi connectivity index (χ4n) is 4.06. The van der Waals surface area contributed by atoms with Gasteiger partial charge >= 0.3 is 0 Å². The van der Waals surface area contributed by atoms with Crippen LogP contribution in [-0.2, 0) is 11.3 Å². The van der Waals surface area contributed by atoms with E-state index in [0.717, 1.165) is 18.7 Å². The van der Waals surface area contributed by atoms with Crippen molar-refractivity contribution in [3.05, 3.63) is 41.2 Å². The molecule has 0 bridgehead atoms. The molecule has 1 aromatic heterocycles. The number of nitrogens with zero attached hydrogens (tertiary/aromatic N) is 3. The number of hydrogen-bond donors (Lipinski definition) is 1. The van der Waals surface area contributed by atoms with Gasteiger partial charge in [-0.25, -0.2) is 0 Å². The van der Waals surface area contributed by atoms with Crippen LogP contribution in [0.15, 0.2) is 24.4 Å². The molecule has 2 amide bonds. The van der Waals surface area contributed by atoms with Crippen LogP contribution in [-0.4, -0.2) is 52.0 Å². The first kappa shape index (κ1) is 20.1. The molecule has 30 heavy (non-hydrogen) atoms. The van der Waals surface area contributed by atoms with E-state index in [9.17, 15) is 14.4 Å². The average molecular weight is 410 g/mol. The van der Waals surface area contributed by atoms with E-state index < -0.39 is 0 Å². The fraction of sp³-hybridized carbons (Fsp3) is 0.455. The number of anilines is 1. The first-order valence-electron chi connectivity index (χ1n) is 10.4. The number of likely N-dealkylation sites (tertiary alicyclic amines) is 1. The van der Waals surface area contributed by atoms with Crippen molar-refractivity contribution in [1.29, 1.82) is 0 Å². The summed E-state index contributed by atoms with van der Waals surface area (Å²) < 4.78 is 7.17. The number of nitrogens with one attached hydrogen (secondary N) is 1. The molecular formula is C22H26N4O4. The molecule has 2 aliphatic heterocycles. The Bertz CT molecular complexity index is 989. The second kappa shape index (κ2) is 8.30. The predicted octanol–water partition coefficient (Wildman–Crippen LogP) is 2.67. The van der Waals surface area contributed by atoms with E-state index in [0.29, 0.717) is 48.5 Å².